The Morgan fingerprint density at radius 2 is 0.969 bits per heavy atom. The van der Waals surface area contributed by atoms with Gasteiger partial charge in [-0.1, -0.05) is 132 Å². The second kappa shape index (κ2) is 39.1. The first kappa shape index (κ1) is 57.7. The van der Waals surface area contributed by atoms with E-state index in [4.69, 9.17) is 33.2 Å². The molecule has 6 atom stereocenters. The summed E-state index contributed by atoms with van der Waals surface area (Å²) in [5.74, 6) is -3.25. The number of allylic oxidation sites excluding steroid dienone is 12. The quantitative estimate of drug-likeness (QED) is 0.0255. The van der Waals surface area contributed by atoms with E-state index >= 15 is 0 Å². The number of unbranched alkanes of at least 4 members (excludes halogenated alkanes) is 10. The lowest BCUT2D eigenvalue weighted by molar-refractivity contribution is -0.299. The highest BCUT2D eigenvalue weighted by atomic mass is 16.7. The van der Waals surface area contributed by atoms with Crippen molar-refractivity contribution in [2.75, 3.05) is 19.8 Å². The largest absolute Gasteiger partial charge is 0.463 e. The molecule has 0 spiro atoms. The Morgan fingerprint density at radius 3 is 1.47 bits per heavy atom. The molecule has 12 heteroatoms. The minimum absolute atomic E-state index is 0.171. The van der Waals surface area contributed by atoms with Crippen molar-refractivity contribution in [1.29, 1.82) is 0 Å². The number of hydrogen-bond donors (Lipinski definition) is 0. The smallest absolute Gasteiger partial charge is 0.306 e. The molecule has 0 aromatic rings. The highest BCUT2D eigenvalue weighted by Gasteiger charge is 2.49. The first-order chi connectivity index (χ1) is 31.0. The van der Waals surface area contributed by atoms with Crippen LogP contribution in [0.4, 0.5) is 0 Å². The molecule has 0 N–H and O–H groups in total. The van der Waals surface area contributed by atoms with Crippen molar-refractivity contribution in [1.82, 2.24) is 0 Å². The second-order valence-corrected chi connectivity index (χ2v) is 16.2. The molecular weight excluding hydrogens is 817 g/mol. The van der Waals surface area contributed by atoms with Gasteiger partial charge in [0.15, 0.2) is 18.5 Å². The van der Waals surface area contributed by atoms with Crippen LogP contribution >= 0.6 is 0 Å². The Labute approximate surface area is 385 Å². The maximum Gasteiger partial charge on any atom is 0.306 e. The van der Waals surface area contributed by atoms with Crippen molar-refractivity contribution in [3.63, 3.8) is 0 Å². The lowest BCUT2D eigenvalue weighted by atomic mass is 9.90. The first-order valence-electron chi connectivity index (χ1n) is 24.0. The van der Waals surface area contributed by atoms with E-state index in [1.165, 1.54) is 20.8 Å². The molecule has 64 heavy (non-hydrogen) atoms. The van der Waals surface area contributed by atoms with E-state index in [0.29, 0.717) is 12.8 Å². The molecule has 0 amide bonds. The summed E-state index contributed by atoms with van der Waals surface area (Å²) in [6.45, 7) is 8.96. The fraction of sp³-hybridized carbons (Fsp3) is 0.673. The minimum atomic E-state index is -1.30. The van der Waals surface area contributed by atoms with E-state index in [0.717, 1.165) is 103 Å². The van der Waals surface area contributed by atoms with Gasteiger partial charge in [0.25, 0.3) is 0 Å². The van der Waals surface area contributed by atoms with E-state index < -0.39 is 66.5 Å². The lowest BCUT2D eigenvalue weighted by Crippen LogP contribution is -2.58. The van der Waals surface area contributed by atoms with E-state index in [1.807, 2.05) is 0 Å². The van der Waals surface area contributed by atoms with Gasteiger partial charge >= 0.3 is 29.8 Å². The molecular formula is C52H82O12. The number of carbonyl (C=O) groups is 5. The molecule has 1 saturated heterocycles. The second-order valence-electron chi connectivity index (χ2n) is 16.2. The van der Waals surface area contributed by atoms with E-state index in [9.17, 15) is 24.0 Å². The lowest BCUT2D eigenvalue weighted by Gasteiger charge is -2.44. The van der Waals surface area contributed by atoms with Gasteiger partial charge < -0.3 is 33.2 Å². The van der Waals surface area contributed by atoms with Crippen LogP contribution in [0, 0.1) is 5.92 Å². The minimum Gasteiger partial charge on any atom is -0.463 e. The van der Waals surface area contributed by atoms with Crippen LogP contribution in [-0.2, 0) is 57.1 Å². The summed E-state index contributed by atoms with van der Waals surface area (Å²) >= 11 is 0. The molecule has 0 aliphatic carbocycles. The van der Waals surface area contributed by atoms with Crippen LogP contribution in [0.3, 0.4) is 0 Å². The van der Waals surface area contributed by atoms with E-state index in [1.54, 1.807) is 6.92 Å². The maximum absolute atomic E-state index is 13.1. The summed E-state index contributed by atoms with van der Waals surface area (Å²) in [6.07, 6.45) is 38.8. The number of ether oxygens (including phenoxy) is 7. The predicted octanol–water partition coefficient (Wildman–Crippen LogP) is 11.4. The van der Waals surface area contributed by atoms with Gasteiger partial charge in [0, 0.05) is 39.5 Å². The fourth-order valence-corrected chi connectivity index (χ4v) is 6.84. The molecule has 362 valence electrons. The van der Waals surface area contributed by atoms with Gasteiger partial charge in [-0.15, -0.1) is 0 Å². The monoisotopic (exact) mass is 899 g/mol. The molecule has 0 unspecified atom stereocenters. The van der Waals surface area contributed by atoms with Crippen LogP contribution in [0.15, 0.2) is 72.9 Å². The zero-order valence-corrected chi connectivity index (χ0v) is 40.1. The third kappa shape index (κ3) is 31.5. The van der Waals surface area contributed by atoms with Gasteiger partial charge in [-0.3, -0.25) is 24.0 Å². The maximum atomic E-state index is 13.1. The van der Waals surface area contributed by atoms with Crippen LogP contribution in [0.2, 0.25) is 0 Å². The normalized spacial score (nSPS) is 19.6. The Hall–Kier alpha value is -4.29. The van der Waals surface area contributed by atoms with Crippen LogP contribution in [0.5, 0.6) is 0 Å². The number of carbonyl (C=O) groups excluding carboxylic acids is 5. The zero-order valence-electron chi connectivity index (χ0n) is 40.1. The molecule has 0 radical (unpaired) electrons. The molecule has 12 nitrogen and oxygen atoms in total. The predicted molar refractivity (Wildman–Crippen MR) is 251 cm³/mol. The third-order valence-electron chi connectivity index (χ3n) is 10.3. The molecule has 0 bridgehead atoms. The van der Waals surface area contributed by atoms with Gasteiger partial charge in [0.05, 0.1) is 6.61 Å². The first-order valence-corrected chi connectivity index (χ1v) is 24.0. The number of hydrogen-bond acceptors (Lipinski definition) is 12. The topological polar surface area (TPSA) is 150 Å². The van der Waals surface area contributed by atoms with Crippen molar-refractivity contribution in [3.8, 4) is 0 Å². The summed E-state index contributed by atoms with van der Waals surface area (Å²) in [5, 5.41) is 0. The summed E-state index contributed by atoms with van der Waals surface area (Å²) < 4.78 is 39.9. The van der Waals surface area contributed by atoms with Crippen molar-refractivity contribution in [2.24, 2.45) is 5.92 Å². The van der Waals surface area contributed by atoms with E-state index in [-0.39, 0.29) is 32.7 Å². The van der Waals surface area contributed by atoms with Crippen molar-refractivity contribution in [2.45, 2.75) is 201 Å². The average molecular weight is 899 g/mol. The number of esters is 5. The Morgan fingerprint density at radius 1 is 0.516 bits per heavy atom. The summed E-state index contributed by atoms with van der Waals surface area (Å²) in [4.78, 5) is 61.9. The summed E-state index contributed by atoms with van der Waals surface area (Å²) in [5.41, 5.74) is 0. The van der Waals surface area contributed by atoms with Crippen LogP contribution in [0.25, 0.3) is 0 Å². The van der Waals surface area contributed by atoms with E-state index in [2.05, 4.69) is 86.8 Å². The molecule has 1 aliphatic heterocycles. The zero-order chi connectivity index (χ0) is 47.0. The summed E-state index contributed by atoms with van der Waals surface area (Å²) in [7, 11) is 0. The highest BCUT2D eigenvalue weighted by Crippen LogP contribution is 2.32. The Kier molecular flexibility index (Phi) is 35.3. The SMILES string of the molecule is CC/C=C\C/C=C\C/C=C\CCCCCCCC(=O)OC[C@H](CO[C@H]1O[C@H](COC(C)=O)[C@@H](C)[C@H](OC(C)=O)[C@@H]1OC(C)=O)OC(=O)CCCCCCC/C=C\C/C=C\C/C=C\CC. The van der Waals surface area contributed by atoms with Crippen molar-refractivity contribution >= 4 is 29.8 Å². The Bertz CT molecular complexity index is 1460. The fourth-order valence-electron chi connectivity index (χ4n) is 6.84. The van der Waals surface area contributed by atoms with Gasteiger partial charge in [-0.2, -0.15) is 0 Å². The van der Waals surface area contributed by atoms with Crippen molar-refractivity contribution < 1.29 is 57.1 Å². The van der Waals surface area contributed by atoms with Gasteiger partial charge in [0.2, 0.25) is 0 Å². The van der Waals surface area contributed by atoms with Crippen LogP contribution < -0.4 is 0 Å². The Balaban J connectivity index is 2.75. The molecule has 0 aromatic carbocycles. The third-order valence-corrected chi connectivity index (χ3v) is 10.3. The molecule has 0 aromatic heterocycles. The van der Waals surface area contributed by atoms with Gasteiger partial charge in [-0.25, -0.2) is 0 Å². The molecule has 1 rings (SSSR count). The average Bonchev–Trinajstić information content (AvgIpc) is 3.25. The van der Waals surface area contributed by atoms with Crippen LogP contribution in [0.1, 0.15) is 170 Å². The molecule has 0 saturated carbocycles. The van der Waals surface area contributed by atoms with Gasteiger partial charge in [0.1, 0.15) is 25.4 Å². The van der Waals surface area contributed by atoms with Gasteiger partial charge in [-0.05, 0) is 77.0 Å². The summed E-state index contributed by atoms with van der Waals surface area (Å²) in [6, 6.07) is 0. The molecule has 1 aliphatic rings. The number of rotatable bonds is 36. The van der Waals surface area contributed by atoms with Crippen LogP contribution in [-0.4, -0.2) is 80.4 Å². The highest BCUT2D eigenvalue weighted by molar-refractivity contribution is 5.70. The molecule has 1 fully saturated rings. The van der Waals surface area contributed by atoms with Crippen molar-refractivity contribution in [3.05, 3.63) is 72.9 Å². The standard InChI is InChI=1S/C52H82O12/c1-7-9-11-13-15-17-19-21-23-25-27-29-31-33-35-37-48(56)59-39-46(63-49(57)38-36-34-32-30-28-26-24-22-20-18-16-14-12-10-8-2)40-60-52-51(62-45(6)55)50(61-44(5)54)42(3)47(64-52)41-58-43(4)53/h9-12,15-18,21-24,42,46-47,50-52H,7-8,13-14,19-20,25-41H2,1-6H3/b11-9-,12-10-,17-15-,18-16-,23-21-,24-22-/t42-,46-,47-,50+,51+,52+/m1/s1. The molecule has 1 heterocycles.